The Labute approximate surface area is 138 Å². The van der Waals surface area contributed by atoms with Crippen LogP contribution in [-0.2, 0) is 11.3 Å². The van der Waals surface area contributed by atoms with E-state index in [0.29, 0.717) is 6.61 Å². The zero-order chi connectivity index (χ0) is 17.4. The minimum absolute atomic E-state index is 0.0693. The number of benzene rings is 2. The Kier molecular flexibility index (Phi) is 6.10. The summed E-state index contributed by atoms with van der Waals surface area (Å²) in [6.07, 6.45) is -4.77. The second-order valence-corrected chi connectivity index (χ2v) is 4.60. The fourth-order valence-corrected chi connectivity index (χ4v) is 1.86. The molecule has 0 saturated carbocycles. The van der Waals surface area contributed by atoms with Crippen LogP contribution in [0, 0.1) is 18.8 Å². The van der Waals surface area contributed by atoms with Crippen molar-refractivity contribution >= 4 is 0 Å². The molecule has 0 fully saturated rings. The summed E-state index contributed by atoms with van der Waals surface area (Å²) in [5, 5.41) is 0. The number of rotatable bonds is 6. The van der Waals surface area contributed by atoms with E-state index in [-0.39, 0.29) is 23.9 Å². The van der Waals surface area contributed by atoms with E-state index >= 15 is 0 Å². The molecule has 0 unspecified atom stereocenters. The van der Waals surface area contributed by atoms with E-state index < -0.39 is 6.36 Å². The Morgan fingerprint density at radius 3 is 2.46 bits per heavy atom. The summed E-state index contributed by atoms with van der Waals surface area (Å²) in [7, 11) is 0. The van der Waals surface area contributed by atoms with Crippen molar-refractivity contribution in [1.82, 2.24) is 0 Å². The predicted octanol–water partition coefficient (Wildman–Crippen LogP) is 4.32. The quantitative estimate of drug-likeness (QED) is 0.447. The lowest BCUT2D eigenvalue weighted by atomic mass is 10.2. The molecule has 0 aliphatic rings. The standard InChI is InChI=1S/C18H14F3O3/c1-2-6-15-11-16(24-18(19,20)21)9-10-17(15)23-13-22-12-14-7-4-3-5-8-14/h3-5,7-11H,1,12-13H2. The van der Waals surface area contributed by atoms with E-state index in [9.17, 15) is 13.2 Å². The van der Waals surface area contributed by atoms with Crippen molar-refractivity contribution < 1.29 is 27.4 Å². The van der Waals surface area contributed by atoms with Gasteiger partial charge in [0.2, 0.25) is 0 Å². The molecule has 0 saturated heterocycles. The first-order valence-electron chi connectivity index (χ1n) is 6.90. The second-order valence-electron chi connectivity index (χ2n) is 4.60. The van der Waals surface area contributed by atoms with Crippen LogP contribution in [0.25, 0.3) is 0 Å². The van der Waals surface area contributed by atoms with Crippen LogP contribution >= 0.6 is 0 Å². The average molecular weight is 335 g/mol. The molecular weight excluding hydrogens is 321 g/mol. The highest BCUT2D eigenvalue weighted by molar-refractivity contribution is 5.50. The van der Waals surface area contributed by atoms with Crippen molar-refractivity contribution in [3.05, 3.63) is 66.6 Å². The zero-order valence-electron chi connectivity index (χ0n) is 12.6. The third-order valence-corrected chi connectivity index (χ3v) is 2.82. The Balaban J connectivity index is 1.97. The van der Waals surface area contributed by atoms with Gasteiger partial charge in [-0.05, 0) is 23.8 Å². The van der Waals surface area contributed by atoms with E-state index in [0.717, 1.165) is 17.7 Å². The lowest BCUT2D eigenvalue weighted by Gasteiger charge is -2.12. The van der Waals surface area contributed by atoms with Gasteiger partial charge in [0.25, 0.3) is 0 Å². The summed E-state index contributed by atoms with van der Waals surface area (Å²) < 4.78 is 51.4. The lowest BCUT2D eigenvalue weighted by Crippen LogP contribution is -2.17. The van der Waals surface area contributed by atoms with Crippen molar-refractivity contribution in [2.75, 3.05) is 6.79 Å². The first-order valence-corrected chi connectivity index (χ1v) is 6.90. The Morgan fingerprint density at radius 1 is 1.04 bits per heavy atom. The maximum Gasteiger partial charge on any atom is 0.573 e. The highest BCUT2D eigenvalue weighted by atomic mass is 19.4. The molecule has 0 bridgehead atoms. The molecule has 0 amide bonds. The molecule has 2 aromatic carbocycles. The zero-order valence-corrected chi connectivity index (χ0v) is 12.6. The van der Waals surface area contributed by atoms with Gasteiger partial charge in [-0.2, -0.15) is 0 Å². The highest BCUT2D eigenvalue weighted by Gasteiger charge is 2.31. The van der Waals surface area contributed by atoms with Crippen LogP contribution in [0.2, 0.25) is 0 Å². The van der Waals surface area contributed by atoms with E-state index in [1.807, 2.05) is 30.3 Å². The molecular formula is C18H14F3O3. The van der Waals surface area contributed by atoms with Crippen molar-refractivity contribution in [3.63, 3.8) is 0 Å². The van der Waals surface area contributed by atoms with Crippen LogP contribution in [-0.4, -0.2) is 13.2 Å². The van der Waals surface area contributed by atoms with Gasteiger partial charge in [-0.15, -0.1) is 13.2 Å². The van der Waals surface area contributed by atoms with Gasteiger partial charge >= 0.3 is 6.36 Å². The fraction of sp³-hybridized carbons (Fsp3) is 0.167. The molecule has 0 aromatic heterocycles. The van der Waals surface area contributed by atoms with Crippen molar-refractivity contribution in [2.45, 2.75) is 13.0 Å². The van der Waals surface area contributed by atoms with E-state index in [1.54, 1.807) is 0 Å². The maximum absolute atomic E-state index is 12.2. The van der Waals surface area contributed by atoms with Crippen LogP contribution < -0.4 is 9.47 Å². The second kappa shape index (κ2) is 8.27. The molecule has 0 N–H and O–H groups in total. The maximum atomic E-state index is 12.2. The molecule has 0 heterocycles. The summed E-state index contributed by atoms with van der Waals surface area (Å²) >= 11 is 0. The number of halogens is 3. The minimum Gasteiger partial charge on any atom is -0.466 e. The summed E-state index contributed by atoms with van der Waals surface area (Å²) in [4.78, 5) is 0. The van der Waals surface area contributed by atoms with Gasteiger partial charge < -0.3 is 14.2 Å². The smallest absolute Gasteiger partial charge is 0.466 e. The number of alkyl halides is 3. The van der Waals surface area contributed by atoms with Gasteiger partial charge in [-0.1, -0.05) is 42.2 Å². The monoisotopic (exact) mass is 335 g/mol. The van der Waals surface area contributed by atoms with Crippen LogP contribution in [0.15, 0.2) is 48.5 Å². The SMILES string of the molecule is [CH2]C#Cc1cc(OC(F)(F)F)ccc1OCOCc1ccccc1. The van der Waals surface area contributed by atoms with Crippen molar-refractivity contribution in [1.29, 1.82) is 0 Å². The van der Waals surface area contributed by atoms with Gasteiger partial charge in [-0.25, -0.2) is 0 Å². The van der Waals surface area contributed by atoms with E-state index in [1.165, 1.54) is 6.07 Å². The number of ether oxygens (including phenoxy) is 3. The summed E-state index contributed by atoms with van der Waals surface area (Å²) in [5.74, 6) is 4.85. The van der Waals surface area contributed by atoms with Crippen LogP contribution in [0.1, 0.15) is 11.1 Å². The van der Waals surface area contributed by atoms with E-state index in [4.69, 9.17) is 9.47 Å². The Morgan fingerprint density at radius 2 is 1.79 bits per heavy atom. The van der Waals surface area contributed by atoms with Crippen LogP contribution in [0.5, 0.6) is 11.5 Å². The van der Waals surface area contributed by atoms with Gasteiger partial charge in [0.1, 0.15) is 11.5 Å². The molecule has 0 aliphatic heterocycles. The lowest BCUT2D eigenvalue weighted by molar-refractivity contribution is -0.274. The Hall–Kier alpha value is -2.65. The molecule has 125 valence electrons. The molecule has 0 aliphatic carbocycles. The van der Waals surface area contributed by atoms with Gasteiger partial charge in [0.15, 0.2) is 6.79 Å². The third-order valence-electron chi connectivity index (χ3n) is 2.82. The molecule has 2 rings (SSSR count). The molecule has 0 spiro atoms. The average Bonchev–Trinajstić information content (AvgIpc) is 2.53. The fourth-order valence-electron chi connectivity index (χ4n) is 1.86. The topological polar surface area (TPSA) is 27.7 Å². The molecule has 24 heavy (non-hydrogen) atoms. The molecule has 6 heteroatoms. The van der Waals surface area contributed by atoms with Gasteiger partial charge in [0.05, 0.1) is 12.2 Å². The van der Waals surface area contributed by atoms with Crippen molar-refractivity contribution in [2.24, 2.45) is 0 Å². The van der Waals surface area contributed by atoms with Gasteiger partial charge in [0, 0.05) is 6.92 Å². The third kappa shape index (κ3) is 5.86. The first-order chi connectivity index (χ1) is 11.5. The number of hydrogen-bond donors (Lipinski definition) is 0. The molecule has 3 nitrogen and oxygen atoms in total. The number of hydrogen-bond acceptors (Lipinski definition) is 3. The van der Waals surface area contributed by atoms with E-state index in [2.05, 4.69) is 23.5 Å². The first kappa shape index (κ1) is 17.7. The largest absolute Gasteiger partial charge is 0.573 e. The summed E-state index contributed by atoms with van der Waals surface area (Å²) in [6.45, 7) is 3.64. The molecule has 2 aromatic rings. The normalized spacial score (nSPS) is 10.7. The van der Waals surface area contributed by atoms with Gasteiger partial charge in [-0.3, -0.25) is 0 Å². The molecule has 0 atom stereocenters. The molecule has 1 radical (unpaired) electrons. The van der Waals surface area contributed by atoms with Crippen molar-refractivity contribution in [3.8, 4) is 23.3 Å². The summed E-state index contributed by atoms with van der Waals surface area (Å²) in [6, 6.07) is 13.1. The Bertz CT molecular complexity index is 716. The summed E-state index contributed by atoms with van der Waals surface area (Å²) in [5.41, 5.74) is 1.21. The minimum atomic E-state index is -4.77. The van der Waals surface area contributed by atoms with Crippen LogP contribution in [0.4, 0.5) is 13.2 Å². The predicted molar refractivity (Wildman–Crippen MR) is 82.1 cm³/mol. The van der Waals surface area contributed by atoms with Crippen LogP contribution in [0.3, 0.4) is 0 Å². The highest BCUT2D eigenvalue weighted by Crippen LogP contribution is 2.28.